The quantitative estimate of drug-likeness (QED) is 0.109. The summed E-state index contributed by atoms with van der Waals surface area (Å²) in [5.41, 5.74) is 3.80. The predicted molar refractivity (Wildman–Crippen MR) is 265 cm³/mol. The van der Waals surface area contributed by atoms with Crippen LogP contribution in [0.4, 0.5) is 4.79 Å². The molecule has 4 amide bonds. The molecule has 4 aromatic rings. The number of para-hydroxylation sites is 2. The Balaban J connectivity index is 1.10. The Bertz CT molecular complexity index is 2550. The summed E-state index contributed by atoms with van der Waals surface area (Å²) >= 11 is 0. The summed E-state index contributed by atoms with van der Waals surface area (Å²) in [4.78, 5) is 70.3. The lowest BCUT2D eigenvalue weighted by molar-refractivity contribution is -0.140. The van der Waals surface area contributed by atoms with Gasteiger partial charge in [0.25, 0.3) is 0 Å². The van der Waals surface area contributed by atoms with Gasteiger partial charge < -0.3 is 34.3 Å². The highest BCUT2D eigenvalue weighted by molar-refractivity contribution is 5.92. The monoisotopic (exact) mass is 913 g/mol. The minimum Gasteiger partial charge on any atom is -0.444 e. The molecule has 2 aromatic heterocycles. The summed E-state index contributed by atoms with van der Waals surface area (Å²) in [5.74, 6) is 11.6. The zero-order valence-corrected chi connectivity index (χ0v) is 41.4. The van der Waals surface area contributed by atoms with Crippen LogP contribution in [0.5, 0.6) is 0 Å². The van der Waals surface area contributed by atoms with Gasteiger partial charge in [-0.1, -0.05) is 89.8 Å². The number of nitrogens with one attached hydrogen (secondary N) is 2. The maximum absolute atomic E-state index is 14.2. The number of ether oxygens (including phenoxy) is 1. The van der Waals surface area contributed by atoms with Gasteiger partial charge in [-0.3, -0.25) is 19.2 Å². The lowest BCUT2D eigenvalue weighted by atomic mass is 9.87. The number of carbonyl (C=O) groups excluding carboxylic acids is 5. The van der Waals surface area contributed by atoms with E-state index in [9.17, 15) is 24.0 Å². The smallest absolute Gasteiger partial charge is 0.408 e. The molecule has 0 saturated carbocycles. The number of fused-ring (bicyclic) bond motifs is 2. The number of benzene rings is 2. The summed E-state index contributed by atoms with van der Waals surface area (Å²) in [5, 5.41) is 7.93. The Morgan fingerprint density at radius 2 is 1.18 bits per heavy atom. The van der Waals surface area contributed by atoms with E-state index in [0.29, 0.717) is 32.6 Å². The van der Waals surface area contributed by atoms with Gasteiger partial charge in [0.2, 0.25) is 17.7 Å². The molecule has 2 fully saturated rings. The Morgan fingerprint density at radius 3 is 1.64 bits per heavy atom. The van der Waals surface area contributed by atoms with E-state index >= 15 is 0 Å². The number of nitrogens with zero attached hydrogens (tertiary/aromatic N) is 4. The second kappa shape index (κ2) is 22.2. The van der Waals surface area contributed by atoms with Crippen molar-refractivity contribution in [1.29, 1.82) is 0 Å². The summed E-state index contributed by atoms with van der Waals surface area (Å²) < 4.78 is 9.65. The highest BCUT2D eigenvalue weighted by Crippen LogP contribution is 2.32. The number of ketones is 1. The van der Waals surface area contributed by atoms with Crippen molar-refractivity contribution in [3.63, 3.8) is 0 Å². The van der Waals surface area contributed by atoms with Crippen molar-refractivity contribution in [2.24, 2.45) is 23.7 Å². The van der Waals surface area contributed by atoms with Crippen molar-refractivity contribution in [2.75, 3.05) is 13.1 Å². The van der Waals surface area contributed by atoms with Gasteiger partial charge in [-0.15, -0.1) is 0 Å². The Labute approximate surface area is 397 Å². The van der Waals surface area contributed by atoms with Crippen LogP contribution in [0.2, 0.25) is 0 Å². The van der Waals surface area contributed by atoms with E-state index in [2.05, 4.69) is 80.1 Å². The SMILES string of the molecule is CC(C)C(=O)NC(C(=O)N1CCC[C@H]1Cc1cn(CC#CC#CCn2cc(C[C@@H]3CCCN3C(=O)[C@@H](CC(=O)[C@H](C)NC(=O)OC(C)(C)C)C(C)C)c3ccccc32)c2ccccc12)C(C)C. The van der Waals surface area contributed by atoms with E-state index in [4.69, 9.17) is 4.74 Å². The number of aromatic nitrogens is 2. The normalized spacial score (nSPS) is 17.6. The minimum atomic E-state index is -0.776. The average Bonchev–Trinajstić information content (AvgIpc) is 4.08. The van der Waals surface area contributed by atoms with Crippen LogP contribution in [0, 0.1) is 47.4 Å². The van der Waals surface area contributed by atoms with Crippen LogP contribution in [0.25, 0.3) is 21.8 Å². The maximum atomic E-state index is 14.2. The molecular weight excluding hydrogens is 841 g/mol. The zero-order chi connectivity index (χ0) is 48.6. The van der Waals surface area contributed by atoms with Crippen LogP contribution < -0.4 is 10.6 Å². The van der Waals surface area contributed by atoms with E-state index in [1.54, 1.807) is 27.7 Å². The number of hydrogen-bond acceptors (Lipinski definition) is 6. The fourth-order valence-corrected chi connectivity index (χ4v) is 9.55. The molecule has 2 N–H and O–H groups in total. The molecule has 67 heavy (non-hydrogen) atoms. The summed E-state index contributed by atoms with van der Waals surface area (Å²) in [6, 6.07) is 15.3. The van der Waals surface area contributed by atoms with E-state index in [1.165, 1.54) is 5.56 Å². The van der Waals surface area contributed by atoms with E-state index in [0.717, 1.165) is 59.5 Å². The molecule has 2 aromatic carbocycles. The number of alkyl carbamates (subject to hydrolysis) is 1. The van der Waals surface area contributed by atoms with Crippen molar-refractivity contribution in [1.82, 2.24) is 29.6 Å². The predicted octanol–water partition coefficient (Wildman–Crippen LogP) is 8.31. The molecule has 2 saturated heterocycles. The average molecular weight is 913 g/mol. The van der Waals surface area contributed by atoms with E-state index in [-0.39, 0.29) is 59.8 Å². The fourth-order valence-electron chi connectivity index (χ4n) is 9.55. The van der Waals surface area contributed by atoms with Gasteiger partial charge in [0.05, 0.1) is 19.1 Å². The second-order valence-electron chi connectivity index (χ2n) is 20.5. The minimum absolute atomic E-state index is 0.000853. The van der Waals surface area contributed by atoms with Crippen LogP contribution in [0.1, 0.15) is 112 Å². The summed E-state index contributed by atoms with van der Waals surface area (Å²) in [7, 11) is 0. The maximum Gasteiger partial charge on any atom is 0.408 e. The topological polar surface area (TPSA) is 135 Å². The summed E-state index contributed by atoms with van der Waals surface area (Å²) in [6.45, 7) is 20.8. The van der Waals surface area contributed by atoms with Gasteiger partial charge in [0.15, 0.2) is 5.78 Å². The molecule has 5 atom stereocenters. The third-order valence-corrected chi connectivity index (χ3v) is 13.2. The Morgan fingerprint density at radius 1 is 0.687 bits per heavy atom. The van der Waals surface area contributed by atoms with Crippen molar-refractivity contribution in [2.45, 2.75) is 157 Å². The first-order chi connectivity index (χ1) is 31.8. The van der Waals surface area contributed by atoms with Crippen LogP contribution in [-0.4, -0.2) is 91.4 Å². The van der Waals surface area contributed by atoms with Crippen LogP contribution in [0.3, 0.4) is 0 Å². The van der Waals surface area contributed by atoms with Crippen molar-refractivity contribution in [3.05, 3.63) is 72.1 Å². The van der Waals surface area contributed by atoms with Gasteiger partial charge >= 0.3 is 6.09 Å². The van der Waals surface area contributed by atoms with Gasteiger partial charge in [0, 0.05) is 77.6 Å². The van der Waals surface area contributed by atoms with Crippen molar-refractivity contribution in [3.8, 4) is 23.7 Å². The van der Waals surface area contributed by atoms with Crippen LogP contribution in [0.15, 0.2) is 60.9 Å². The highest BCUT2D eigenvalue weighted by Gasteiger charge is 2.38. The van der Waals surface area contributed by atoms with Crippen molar-refractivity contribution >= 4 is 51.4 Å². The summed E-state index contributed by atoms with van der Waals surface area (Å²) in [6.07, 6.45) is 8.76. The third kappa shape index (κ3) is 12.7. The number of rotatable bonds is 16. The zero-order valence-electron chi connectivity index (χ0n) is 41.4. The molecule has 358 valence electrons. The Hall–Kier alpha value is -6.01. The lowest BCUT2D eigenvalue weighted by Crippen LogP contribution is -2.53. The second-order valence-corrected chi connectivity index (χ2v) is 20.5. The van der Waals surface area contributed by atoms with Gasteiger partial charge in [-0.2, -0.15) is 0 Å². The molecule has 0 bridgehead atoms. The molecule has 4 heterocycles. The highest BCUT2D eigenvalue weighted by atomic mass is 16.6. The van der Waals surface area contributed by atoms with Crippen LogP contribution >= 0.6 is 0 Å². The van der Waals surface area contributed by atoms with E-state index < -0.39 is 29.7 Å². The third-order valence-electron chi connectivity index (χ3n) is 13.2. The van der Waals surface area contributed by atoms with Gasteiger partial charge in [-0.05, 0) is 113 Å². The van der Waals surface area contributed by atoms with Gasteiger partial charge in [0.1, 0.15) is 11.6 Å². The molecule has 2 aliphatic rings. The van der Waals surface area contributed by atoms with E-state index in [1.807, 2.05) is 75.6 Å². The first-order valence-electron chi connectivity index (χ1n) is 24.4. The molecule has 6 rings (SSSR count). The number of likely N-dealkylation sites (tertiary alicyclic amines) is 2. The molecule has 12 nitrogen and oxygen atoms in total. The standard InChI is InChI=1S/C55H72N6O6/c1-36(2)46(33-49(62)39(7)56-54(66)67-55(8,9)10)52(64)60-29-19-21-42(60)31-40-34-58(47-25-15-13-23-44(40)47)27-17-11-12-18-28-59-35-41(45-24-14-16-26-48(45)59)32-43-22-20-30-61(43)53(65)50(37(3)4)57-51(63)38(5)6/h13-16,23-26,34-39,42-43,46,50H,19-22,27-33H2,1-10H3,(H,56,66)(H,57,63)/t39-,42-,43-,46-,50?/m0/s1. The number of hydrogen-bond donors (Lipinski definition) is 2. The van der Waals surface area contributed by atoms with Crippen LogP contribution in [-0.2, 0) is 49.8 Å². The molecule has 0 aliphatic carbocycles. The largest absolute Gasteiger partial charge is 0.444 e. The fraction of sp³-hybridized carbons (Fsp3) is 0.545. The first kappa shape index (κ1) is 50.4. The molecule has 12 heteroatoms. The van der Waals surface area contributed by atoms with Crippen molar-refractivity contribution < 1.29 is 28.7 Å². The molecule has 0 radical (unpaired) electrons. The number of amides is 4. The number of carbonyl (C=O) groups is 5. The van der Waals surface area contributed by atoms with Gasteiger partial charge in [-0.25, -0.2) is 4.79 Å². The lowest BCUT2D eigenvalue weighted by Gasteiger charge is -2.31. The number of Topliss-reactive ketones (excluding diaryl/α,β-unsaturated/α-hetero) is 1. The molecular formula is C55H72N6O6. The molecule has 0 spiro atoms. The first-order valence-corrected chi connectivity index (χ1v) is 24.4. The Kier molecular flexibility index (Phi) is 16.7. The molecule has 1 unspecified atom stereocenters. The molecule has 2 aliphatic heterocycles.